The summed E-state index contributed by atoms with van der Waals surface area (Å²) in [5, 5.41) is 0. The summed E-state index contributed by atoms with van der Waals surface area (Å²) in [5.74, 6) is 0.385. The number of hydrogen-bond donors (Lipinski definition) is 0. The zero-order chi connectivity index (χ0) is 11.2. The second kappa shape index (κ2) is 3.42. The van der Waals surface area contributed by atoms with Crippen LogP contribution in [0.1, 0.15) is 42.4 Å². The second-order valence-corrected chi connectivity index (χ2v) is 4.93. The Kier molecular flexibility index (Phi) is 2.15. The van der Waals surface area contributed by atoms with Crippen LogP contribution in [0.4, 0.5) is 0 Å². The highest BCUT2D eigenvalue weighted by Gasteiger charge is 2.43. The van der Waals surface area contributed by atoms with Gasteiger partial charge in [-0.1, -0.05) is 18.2 Å². The molecule has 1 aromatic carbocycles. The molecule has 16 heavy (non-hydrogen) atoms. The summed E-state index contributed by atoms with van der Waals surface area (Å²) in [6.45, 7) is 2.86. The van der Waals surface area contributed by atoms with Gasteiger partial charge in [0.15, 0.2) is 0 Å². The summed E-state index contributed by atoms with van der Waals surface area (Å²) in [6.07, 6.45) is 3.08. The molecule has 0 amide bonds. The van der Waals surface area contributed by atoms with Gasteiger partial charge >= 0.3 is 0 Å². The predicted octanol–water partition coefficient (Wildman–Crippen LogP) is 2.86. The van der Waals surface area contributed by atoms with Gasteiger partial charge in [-0.05, 0) is 36.5 Å². The number of rotatable bonds is 0. The maximum atomic E-state index is 11.3. The van der Waals surface area contributed by atoms with Gasteiger partial charge in [0.2, 0.25) is 0 Å². The maximum Gasteiger partial charge on any atom is 0.133 e. The standard InChI is InChI=1S/C14H16O2/c1-10-3-2-4-11-9-16-14(13(10)11)7-5-12(15)6-8-14/h2-4H,5-9H2,1H3. The Bertz CT molecular complexity index is 438. The Balaban J connectivity index is 2.05. The van der Waals surface area contributed by atoms with Gasteiger partial charge in [-0.25, -0.2) is 0 Å². The molecule has 1 aliphatic heterocycles. The molecule has 0 aromatic heterocycles. The molecule has 0 saturated heterocycles. The van der Waals surface area contributed by atoms with Crippen molar-refractivity contribution in [1.29, 1.82) is 0 Å². The fraction of sp³-hybridized carbons (Fsp3) is 0.500. The minimum Gasteiger partial charge on any atom is -0.366 e. The summed E-state index contributed by atoms with van der Waals surface area (Å²) in [6, 6.07) is 6.38. The topological polar surface area (TPSA) is 26.3 Å². The number of benzene rings is 1. The molecule has 2 aliphatic rings. The molecule has 1 fully saturated rings. The van der Waals surface area contributed by atoms with Crippen LogP contribution in [0.5, 0.6) is 0 Å². The Morgan fingerprint density at radius 3 is 2.75 bits per heavy atom. The molecule has 3 rings (SSSR count). The first kappa shape index (κ1) is 10.0. The summed E-state index contributed by atoms with van der Waals surface area (Å²) >= 11 is 0. The van der Waals surface area contributed by atoms with E-state index in [1.165, 1.54) is 16.7 Å². The molecule has 1 heterocycles. The number of Topliss-reactive ketones (excluding diaryl/α,β-unsaturated/α-hetero) is 1. The summed E-state index contributed by atoms with van der Waals surface area (Å²) in [5.41, 5.74) is 3.84. The average Bonchev–Trinajstić information content (AvgIpc) is 2.64. The third kappa shape index (κ3) is 1.33. The van der Waals surface area contributed by atoms with E-state index < -0.39 is 0 Å². The molecule has 0 atom stereocenters. The number of aryl methyl sites for hydroxylation is 1. The quantitative estimate of drug-likeness (QED) is 0.666. The molecule has 2 heteroatoms. The van der Waals surface area contributed by atoms with Crippen LogP contribution in [0.2, 0.25) is 0 Å². The Labute approximate surface area is 95.6 Å². The Morgan fingerprint density at radius 2 is 2.00 bits per heavy atom. The number of ether oxygens (including phenoxy) is 1. The molecule has 2 nitrogen and oxygen atoms in total. The number of carbonyl (C=O) groups is 1. The lowest BCUT2D eigenvalue weighted by molar-refractivity contribution is -0.129. The van der Waals surface area contributed by atoms with Crippen molar-refractivity contribution in [2.24, 2.45) is 0 Å². The van der Waals surface area contributed by atoms with Gasteiger partial charge in [-0.3, -0.25) is 4.79 Å². The van der Waals surface area contributed by atoms with E-state index in [1.807, 2.05) is 0 Å². The largest absolute Gasteiger partial charge is 0.366 e. The zero-order valence-electron chi connectivity index (χ0n) is 9.58. The molecule has 0 radical (unpaired) electrons. The monoisotopic (exact) mass is 216 g/mol. The van der Waals surface area contributed by atoms with E-state index in [1.54, 1.807) is 0 Å². The first-order valence-corrected chi connectivity index (χ1v) is 5.96. The van der Waals surface area contributed by atoms with Gasteiger partial charge in [0.1, 0.15) is 5.78 Å². The van der Waals surface area contributed by atoms with Crippen LogP contribution in [0.25, 0.3) is 0 Å². The van der Waals surface area contributed by atoms with Gasteiger partial charge in [0.05, 0.1) is 12.2 Å². The van der Waals surface area contributed by atoms with Gasteiger partial charge in [-0.15, -0.1) is 0 Å². The Morgan fingerprint density at radius 1 is 1.25 bits per heavy atom. The normalized spacial score (nSPS) is 22.4. The van der Waals surface area contributed by atoms with Crippen molar-refractivity contribution in [3.8, 4) is 0 Å². The molecule has 1 aliphatic carbocycles. The van der Waals surface area contributed by atoms with Gasteiger partial charge in [0.25, 0.3) is 0 Å². The first-order chi connectivity index (χ1) is 7.71. The summed E-state index contributed by atoms with van der Waals surface area (Å²) in [4.78, 5) is 11.3. The molecule has 1 spiro atoms. The fourth-order valence-electron chi connectivity index (χ4n) is 3.12. The van der Waals surface area contributed by atoms with Crippen LogP contribution < -0.4 is 0 Å². The molecule has 0 bridgehead atoms. The lowest BCUT2D eigenvalue weighted by atomic mass is 9.77. The van der Waals surface area contributed by atoms with Crippen molar-refractivity contribution in [2.45, 2.75) is 44.8 Å². The van der Waals surface area contributed by atoms with Crippen molar-refractivity contribution < 1.29 is 9.53 Å². The number of ketones is 1. The first-order valence-electron chi connectivity index (χ1n) is 5.96. The smallest absolute Gasteiger partial charge is 0.133 e. The highest BCUT2D eigenvalue weighted by molar-refractivity contribution is 5.79. The van der Waals surface area contributed by atoms with Gasteiger partial charge in [-0.2, -0.15) is 0 Å². The number of fused-ring (bicyclic) bond motifs is 2. The molecular weight excluding hydrogens is 200 g/mol. The molecule has 1 aromatic rings. The van der Waals surface area contributed by atoms with Crippen molar-refractivity contribution in [2.75, 3.05) is 0 Å². The van der Waals surface area contributed by atoms with E-state index in [0.29, 0.717) is 25.2 Å². The van der Waals surface area contributed by atoms with Crippen LogP contribution in [-0.2, 0) is 21.7 Å². The van der Waals surface area contributed by atoms with Crippen LogP contribution in [0, 0.1) is 6.92 Å². The van der Waals surface area contributed by atoms with Crippen LogP contribution >= 0.6 is 0 Å². The summed E-state index contributed by atoms with van der Waals surface area (Å²) < 4.78 is 6.03. The molecular formula is C14H16O2. The van der Waals surface area contributed by atoms with Crippen molar-refractivity contribution >= 4 is 5.78 Å². The van der Waals surface area contributed by atoms with Crippen molar-refractivity contribution in [3.05, 3.63) is 34.9 Å². The maximum absolute atomic E-state index is 11.3. The van der Waals surface area contributed by atoms with E-state index in [-0.39, 0.29) is 5.60 Å². The zero-order valence-corrected chi connectivity index (χ0v) is 9.58. The molecule has 0 unspecified atom stereocenters. The Hall–Kier alpha value is -1.15. The van der Waals surface area contributed by atoms with Crippen molar-refractivity contribution in [1.82, 2.24) is 0 Å². The van der Waals surface area contributed by atoms with E-state index in [9.17, 15) is 4.79 Å². The summed E-state index contributed by atoms with van der Waals surface area (Å²) in [7, 11) is 0. The molecule has 1 saturated carbocycles. The lowest BCUT2D eigenvalue weighted by Crippen LogP contribution is -2.31. The van der Waals surface area contributed by atoms with Gasteiger partial charge in [0, 0.05) is 12.8 Å². The minimum atomic E-state index is -0.144. The average molecular weight is 216 g/mol. The van der Waals surface area contributed by atoms with Gasteiger partial charge < -0.3 is 4.74 Å². The van der Waals surface area contributed by atoms with Crippen molar-refractivity contribution in [3.63, 3.8) is 0 Å². The second-order valence-electron chi connectivity index (χ2n) is 4.93. The number of carbonyl (C=O) groups excluding carboxylic acids is 1. The van der Waals surface area contributed by atoms with E-state index in [0.717, 1.165) is 12.8 Å². The fourth-order valence-corrected chi connectivity index (χ4v) is 3.12. The molecule has 84 valence electrons. The van der Waals surface area contributed by atoms with Crippen LogP contribution in [0.15, 0.2) is 18.2 Å². The molecule has 0 N–H and O–H groups in total. The predicted molar refractivity (Wildman–Crippen MR) is 61.1 cm³/mol. The highest BCUT2D eigenvalue weighted by atomic mass is 16.5. The van der Waals surface area contributed by atoms with Crippen LogP contribution in [0.3, 0.4) is 0 Å². The highest BCUT2D eigenvalue weighted by Crippen LogP contribution is 2.47. The van der Waals surface area contributed by atoms with E-state index in [2.05, 4.69) is 25.1 Å². The van der Waals surface area contributed by atoms with Crippen LogP contribution in [-0.4, -0.2) is 5.78 Å². The van der Waals surface area contributed by atoms with E-state index >= 15 is 0 Å². The van der Waals surface area contributed by atoms with E-state index in [4.69, 9.17) is 4.74 Å². The third-order valence-electron chi connectivity index (χ3n) is 3.93. The number of hydrogen-bond acceptors (Lipinski definition) is 2. The SMILES string of the molecule is Cc1cccc2c1C1(CCC(=O)CC1)OC2. The minimum absolute atomic E-state index is 0.144. The lowest BCUT2D eigenvalue weighted by Gasteiger charge is -2.33. The third-order valence-corrected chi connectivity index (χ3v) is 3.93.